The minimum atomic E-state index is -0.583. The first-order valence-corrected chi connectivity index (χ1v) is 7.62. The molecule has 1 aromatic rings. The third kappa shape index (κ3) is 3.96. The molecule has 0 saturated heterocycles. The number of hydrogen-bond donors (Lipinski definition) is 1. The fourth-order valence-corrected chi connectivity index (χ4v) is 3.91. The minimum Gasteiger partial charge on any atom is -0.469 e. The van der Waals surface area contributed by atoms with E-state index in [0.717, 1.165) is 19.1 Å². The number of rotatable bonds is 4. The van der Waals surface area contributed by atoms with E-state index in [0.29, 0.717) is 6.54 Å². The number of benzene rings is 1. The summed E-state index contributed by atoms with van der Waals surface area (Å²) in [6, 6.07) is 3.89. The topological polar surface area (TPSA) is 38.3 Å². The van der Waals surface area contributed by atoms with Crippen LogP contribution in [0.4, 0.5) is 5.69 Å². The minimum absolute atomic E-state index is 0.237. The summed E-state index contributed by atoms with van der Waals surface area (Å²) in [5, 5.41) is 3.25. The number of anilines is 1. The second kappa shape index (κ2) is 6.39. The van der Waals surface area contributed by atoms with Crippen molar-refractivity contribution in [2.24, 2.45) is 5.41 Å². The molecule has 0 spiro atoms. The molecule has 0 unspecified atom stereocenters. The van der Waals surface area contributed by atoms with E-state index in [1.54, 1.807) is 0 Å². The van der Waals surface area contributed by atoms with E-state index >= 15 is 0 Å². The Morgan fingerprint density at radius 1 is 1.28 bits per heavy atom. The van der Waals surface area contributed by atoms with Gasteiger partial charge >= 0.3 is 5.97 Å². The molecule has 0 aliphatic carbocycles. The first kappa shape index (κ1) is 16.0. The van der Waals surface area contributed by atoms with E-state index in [9.17, 15) is 4.79 Å². The lowest BCUT2D eigenvalue weighted by molar-refractivity contribution is -0.149. The van der Waals surface area contributed by atoms with E-state index < -0.39 is 5.41 Å². The van der Waals surface area contributed by atoms with Crippen LogP contribution in [-0.4, -0.2) is 19.6 Å². The molecule has 6 heteroatoms. The standard InChI is InChI=1S/C12H14Br3NO2/c1-12(2,11(17)18-3)6-16-10-8(14)4-7(13)5-9(10)15/h4-5,16H,6H2,1-3H3. The predicted octanol–water partition coefficient (Wildman–Crippen LogP) is 4.59. The molecule has 0 fully saturated rings. The number of hydrogen-bond acceptors (Lipinski definition) is 3. The Labute approximate surface area is 132 Å². The average Bonchev–Trinajstić information content (AvgIpc) is 2.26. The summed E-state index contributed by atoms with van der Waals surface area (Å²) in [5.41, 5.74) is 0.330. The molecule has 1 rings (SSSR count). The summed E-state index contributed by atoms with van der Waals surface area (Å²) >= 11 is 10.4. The Morgan fingerprint density at radius 3 is 2.22 bits per heavy atom. The summed E-state index contributed by atoms with van der Waals surface area (Å²) < 4.78 is 7.59. The molecular weight excluding hydrogens is 430 g/mol. The normalized spacial score (nSPS) is 11.2. The summed E-state index contributed by atoms with van der Waals surface area (Å²) in [5.74, 6) is -0.237. The largest absolute Gasteiger partial charge is 0.469 e. The third-order valence-electron chi connectivity index (χ3n) is 2.45. The Hall–Kier alpha value is -0.0700. The van der Waals surface area contributed by atoms with Crippen LogP contribution in [-0.2, 0) is 9.53 Å². The van der Waals surface area contributed by atoms with Crippen molar-refractivity contribution in [2.75, 3.05) is 19.0 Å². The van der Waals surface area contributed by atoms with Crippen molar-refractivity contribution in [3.8, 4) is 0 Å². The fourth-order valence-electron chi connectivity index (χ4n) is 1.37. The number of methoxy groups -OCH3 is 1. The second-order valence-corrected chi connectivity index (χ2v) is 7.10. The van der Waals surface area contributed by atoms with Crippen LogP contribution in [0.1, 0.15) is 13.8 Å². The highest BCUT2D eigenvalue weighted by Crippen LogP contribution is 2.35. The number of halogens is 3. The van der Waals surface area contributed by atoms with Crippen LogP contribution in [0.2, 0.25) is 0 Å². The SMILES string of the molecule is COC(=O)C(C)(C)CNc1c(Br)cc(Br)cc1Br. The number of nitrogens with one attached hydrogen (secondary N) is 1. The van der Waals surface area contributed by atoms with Crippen molar-refractivity contribution in [2.45, 2.75) is 13.8 Å². The Bertz CT molecular complexity index is 438. The van der Waals surface area contributed by atoms with Gasteiger partial charge in [0.05, 0.1) is 18.2 Å². The first-order chi connectivity index (χ1) is 8.27. The summed E-state index contributed by atoms with van der Waals surface area (Å²) in [6.07, 6.45) is 0. The van der Waals surface area contributed by atoms with Gasteiger partial charge in [-0.2, -0.15) is 0 Å². The first-order valence-electron chi connectivity index (χ1n) is 5.25. The van der Waals surface area contributed by atoms with E-state index in [1.807, 2.05) is 26.0 Å². The molecule has 1 N–H and O–H groups in total. The third-order valence-corrected chi connectivity index (χ3v) is 4.16. The molecule has 0 bridgehead atoms. The van der Waals surface area contributed by atoms with Crippen molar-refractivity contribution in [1.82, 2.24) is 0 Å². The van der Waals surface area contributed by atoms with Gasteiger partial charge in [0.1, 0.15) is 0 Å². The van der Waals surface area contributed by atoms with Crippen molar-refractivity contribution >= 4 is 59.4 Å². The Morgan fingerprint density at radius 2 is 1.78 bits per heavy atom. The van der Waals surface area contributed by atoms with Gasteiger partial charge < -0.3 is 10.1 Å². The van der Waals surface area contributed by atoms with Crippen molar-refractivity contribution < 1.29 is 9.53 Å². The molecule has 0 aromatic heterocycles. The molecule has 0 saturated carbocycles. The van der Waals surface area contributed by atoms with Gasteiger partial charge in [0, 0.05) is 20.0 Å². The van der Waals surface area contributed by atoms with E-state index in [1.165, 1.54) is 7.11 Å². The molecule has 0 radical (unpaired) electrons. The van der Waals surface area contributed by atoms with Crippen LogP contribution in [0.3, 0.4) is 0 Å². The van der Waals surface area contributed by atoms with Crippen LogP contribution in [0.5, 0.6) is 0 Å². The van der Waals surface area contributed by atoms with E-state index in [2.05, 4.69) is 53.1 Å². The molecule has 0 aliphatic rings. The molecule has 18 heavy (non-hydrogen) atoms. The number of esters is 1. The lowest BCUT2D eigenvalue weighted by Crippen LogP contribution is -2.33. The lowest BCUT2D eigenvalue weighted by atomic mass is 9.93. The van der Waals surface area contributed by atoms with Gasteiger partial charge in [-0.15, -0.1) is 0 Å². The summed E-state index contributed by atoms with van der Waals surface area (Å²) in [4.78, 5) is 11.6. The molecule has 0 aliphatic heterocycles. The fraction of sp³-hybridized carbons (Fsp3) is 0.417. The van der Waals surface area contributed by atoms with Crippen LogP contribution in [0.15, 0.2) is 25.6 Å². The van der Waals surface area contributed by atoms with Crippen molar-refractivity contribution in [3.05, 3.63) is 25.6 Å². The molecule has 3 nitrogen and oxygen atoms in total. The van der Waals surface area contributed by atoms with Crippen LogP contribution >= 0.6 is 47.8 Å². The maximum Gasteiger partial charge on any atom is 0.313 e. The van der Waals surface area contributed by atoms with Crippen LogP contribution in [0, 0.1) is 5.41 Å². The van der Waals surface area contributed by atoms with E-state index in [4.69, 9.17) is 4.74 Å². The molecule has 0 heterocycles. The smallest absolute Gasteiger partial charge is 0.313 e. The Kier molecular flexibility index (Phi) is 5.67. The number of ether oxygens (including phenoxy) is 1. The molecule has 1 aromatic carbocycles. The zero-order valence-electron chi connectivity index (χ0n) is 10.3. The van der Waals surface area contributed by atoms with Gasteiger partial charge in [-0.25, -0.2) is 0 Å². The molecule has 0 atom stereocenters. The van der Waals surface area contributed by atoms with Gasteiger partial charge in [0.2, 0.25) is 0 Å². The molecule has 0 amide bonds. The highest BCUT2D eigenvalue weighted by Gasteiger charge is 2.28. The van der Waals surface area contributed by atoms with E-state index in [-0.39, 0.29) is 5.97 Å². The summed E-state index contributed by atoms with van der Waals surface area (Å²) in [6.45, 7) is 4.16. The second-order valence-electron chi connectivity index (χ2n) is 4.47. The summed E-state index contributed by atoms with van der Waals surface area (Å²) in [7, 11) is 1.40. The van der Waals surface area contributed by atoms with Gasteiger partial charge in [0.25, 0.3) is 0 Å². The molecular formula is C12H14Br3NO2. The maximum absolute atomic E-state index is 11.6. The van der Waals surface area contributed by atoms with Crippen LogP contribution in [0.25, 0.3) is 0 Å². The van der Waals surface area contributed by atoms with Gasteiger partial charge in [-0.3, -0.25) is 4.79 Å². The number of carbonyl (C=O) groups excluding carboxylic acids is 1. The lowest BCUT2D eigenvalue weighted by Gasteiger charge is -2.23. The predicted molar refractivity (Wildman–Crippen MR) is 83.8 cm³/mol. The van der Waals surface area contributed by atoms with Crippen molar-refractivity contribution in [1.29, 1.82) is 0 Å². The zero-order valence-corrected chi connectivity index (χ0v) is 15.1. The Balaban J connectivity index is 2.84. The van der Waals surface area contributed by atoms with Crippen LogP contribution < -0.4 is 5.32 Å². The zero-order chi connectivity index (χ0) is 13.9. The quantitative estimate of drug-likeness (QED) is 0.692. The maximum atomic E-state index is 11.6. The van der Waals surface area contributed by atoms with Gasteiger partial charge in [-0.05, 0) is 57.8 Å². The number of carbonyl (C=O) groups is 1. The highest BCUT2D eigenvalue weighted by molar-refractivity contribution is 9.11. The van der Waals surface area contributed by atoms with Gasteiger partial charge in [-0.1, -0.05) is 15.9 Å². The highest BCUT2D eigenvalue weighted by atomic mass is 79.9. The van der Waals surface area contributed by atoms with Gasteiger partial charge in [0.15, 0.2) is 0 Å². The van der Waals surface area contributed by atoms with Crippen molar-refractivity contribution in [3.63, 3.8) is 0 Å². The monoisotopic (exact) mass is 441 g/mol. The average molecular weight is 444 g/mol. The molecule has 100 valence electrons.